The fourth-order valence-corrected chi connectivity index (χ4v) is 3.01. The standard InChI is InChI=1S/C18H14N2.C4H2N2S2.Pt/c1-11-7-14-5-3-13-4-6-15-8-12(2)10-20-18(15)16(13)17(14)19-9-11;1-6-4(8)3(7)2-5;/h3-10H,1-2H3;7-8H;/q;;+2/p-2. The summed E-state index contributed by atoms with van der Waals surface area (Å²) in [7, 11) is 0. The fraction of sp³-hybridized carbons (Fsp3) is 0.0909. The Bertz CT molecular complexity index is 1240. The van der Waals surface area contributed by atoms with E-state index in [1.54, 1.807) is 6.07 Å². The minimum atomic E-state index is -0.123. The molecule has 0 saturated carbocycles. The van der Waals surface area contributed by atoms with Gasteiger partial charge in [0.2, 0.25) is 0 Å². The molecule has 0 N–H and O–H groups in total. The van der Waals surface area contributed by atoms with Crippen molar-refractivity contribution in [2.75, 3.05) is 0 Å². The molecule has 2 heterocycles. The largest absolute Gasteiger partial charge is 2.00 e. The summed E-state index contributed by atoms with van der Waals surface area (Å²) in [6.07, 6.45) is 3.85. The zero-order valence-electron chi connectivity index (χ0n) is 15.5. The van der Waals surface area contributed by atoms with E-state index in [1.165, 1.54) is 27.3 Å². The molecular formula is C22H14N4PtS2. The number of allylic oxidation sites excluding steroid dienone is 1. The molecule has 0 atom stereocenters. The van der Waals surface area contributed by atoms with Crippen LogP contribution >= 0.6 is 0 Å². The maximum Gasteiger partial charge on any atom is 2.00 e. The zero-order valence-corrected chi connectivity index (χ0v) is 19.4. The number of nitriles is 1. The Morgan fingerprint density at radius 3 is 1.76 bits per heavy atom. The first-order chi connectivity index (χ1) is 13.4. The van der Waals surface area contributed by atoms with Crippen LogP contribution in [-0.4, -0.2) is 9.97 Å². The van der Waals surface area contributed by atoms with E-state index < -0.39 is 0 Å². The Balaban J connectivity index is 0.000000289. The first kappa shape index (κ1) is 22.7. The molecule has 4 aromatic rings. The molecular weight excluding hydrogens is 579 g/mol. The molecule has 0 radical (unpaired) electrons. The Morgan fingerprint density at radius 1 is 0.931 bits per heavy atom. The maximum absolute atomic E-state index is 8.01. The Kier molecular flexibility index (Phi) is 7.59. The van der Waals surface area contributed by atoms with Crippen molar-refractivity contribution in [1.82, 2.24) is 9.97 Å². The van der Waals surface area contributed by atoms with Crippen molar-refractivity contribution in [3.63, 3.8) is 0 Å². The first-order valence-corrected chi connectivity index (χ1v) is 9.16. The van der Waals surface area contributed by atoms with Crippen LogP contribution in [0.1, 0.15) is 11.1 Å². The predicted molar refractivity (Wildman–Crippen MR) is 118 cm³/mol. The summed E-state index contributed by atoms with van der Waals surface area (Å²) >= 11 is 8.72. The van der Waals surface area contributed by atoms with Crippen molar-refractivity contribution in [2.45, 2.75) is 13.8 Å². The van der Waals surface area contributed by atoms with Gasteiger partial charge in [0.1, 0.15) is 0 Å². The van der Waals surface area contributed by atoms with E-state index in [0.29, 0.717) is 0 Å². The van der Waals surface area contributed by atoms with Crippen molar-refractivity contribution in [2.24, 2.45) is 0 Å². The first-order valence-electron chi connectivity index (χ1n) is 8.35. The second kappa shape index (κ2) is 9.72. The van der Waals surface area contributed by atoms with Gasteiger partial charge in [0, 0.05) is 33.6 Å². The molecule has 0 aliphatic heterocycles. The Morgan fingerprint density at radius 2 is 1.38 bits per heavy atom. The van der Waals surface area contributed by atoms with Crippen LogP contribution in [0, 0.1) is 31.8 Å². The molecule has 0 bridgehead atoms. The smallest absolute Gasteiger partial charge is 0.812 e. The summed E-state index contributed by atoms with van der Waals surface area (Å²) in [4.78, 5) is 12.0. The molecule has 144 valence electrons. The second-order valence-electron chi connectivity index (χ2n) is 6.26. The third-order valence-electron chi connectivity index (χ3n) is 4.15. The number of rotatable bonds is 0. The average Bonchev–Trinajstić information content (AvgIpc) is 2.72. The van der Waals surface area contributed by atoms with Crippen LogP contribution in [0.15, 0.2) is 58.7 Å². The number of aromatic nitrogens is 2. The number of benzene rings is 2. The number of hydrogen-bond donors (Lipinski definition) is 0. The van der Waals surface area contributed by atoms with E-state index in [0.717, 1.165) is 16.4 Å². The third-order valence-corrected chi connectivity index (χ3v) is 4.86. The van der Waals surface area contributed by atoms with E-state index in [-0.39, 0.29) is 31.0 Å². The van der Waals surface area contributed by atoms with Gasteiger partial charge in [-0.1, -0.05) is 24.3 Å². The van der Waals surface area contributed by atoms with Gasteiger partial charge in [-0.05, 0) is 42.5 Å². The minimum Gasteiger partial charge on any atom is -0.812 e. The second-order valence-corrected chi connectivity index (χ2v) is 7.05. The molecule has 29 heavy (non-hydrogen) atoms. The van der Waals surface area contributed by atoms with Crippen LogP contribution in [0.25, 0.3) is 37.4 Å². The molecule has 7 heteroatoms. The van der Waals surface area contributed by atoms with Gasteiger partial charge in [-0.15, -0.1) is 4.91 Å². The molecule has 0 saturated heterocycles. The van der Waals surface area contributed by atoms with Gasteiger partial charge in [0.05, 0.1) is 23.7 Å². The van der Waals surface area contributed by atoms with Crippen LogP contribution in [0.5, 0.6) is 0 Å². The van der Waals surface area contributed by atoms with Crippen LogP contribution in [0.2, 0.25) is 0 Å². The summed E-state index contributed by atoms with van der Waals surface area (Å²) in [6.45, 7) is 10.4. The summed E-state index contributed by atoms with van der Waals surface area (Å²) in [5.41, 5.74) is 4.44. The van der Waals surface area contributed by atoms with Crippen LogP contribution in [-0.2, 0) is 46.3 Å². The number of nitrogens with zero attached hydrogens (tertiary/aromatic N) is 4. The molecule has 2 aromatic carbocycles. The normalized spacial score (nSPS) is 10.9. The topological polar surface area (TPSA) is 53.9 Å². The summed E-state index contributed by atoms with van der Waals surface area (Å²) in [6, 6.07) is 14.5. The molecule has 4 nitrogen and oxygen atoms in total. The van der Waals surface area contributed by atoms with E-state index >= 15 is 0 Å². The van der Waals surface area contributed by atoms with Crippen molar-refractivity contribution >= 4 is 57.8 Å². The SMILES string of the molecule is Cc1cnc2c(ccc3ccc4cc(C)cnc4c32)c1.[C-]#[N+]C([S-])=C([S-])C#N.[Pt+2]. The minimum absolute atomic E-state index is 0. The van der Waals surface area contributed by atoms with Crippen LogP contribution < -0.4 is 0 Å². The van der Waals surface area contributed by atoms with Crippen molar-refractivity contribution in [3.8, 4) is 6.07 Å². The van der Waals surface area contributed by atoms with Crippen LogP contribution in [0.4, 0.5) is 0 Å². The van der Waals surface area contributed by atoms with Gasteiger partial charge < -0.3 is 25.3 Å². The molecule has 0 aliphatic rings. The molecule has 0 aliphatic carbocycles. The summed E-state index contributed by atoms with van der Waals surface area (Å²) in [5, 5.41) is 12.6. The summed E-state index contributed by atoms with van der Waals surface area (Å²) in [5.74, 6) is 0. The van der Waals surface area contributed by atoms with E-state index in [1.807, 2.05) is 12.4 Å². The Hall–Kier alpha value is -2.63. The van der Waals surface area contributed by atoms with Gasteiger partial charge in [-0.25, -0.2) is 0 Å². The van der Waals surface area contributed by atoms with Crippen LogP contribution in [0.3, 0.4) is 0 Å². The van der Waals surface area contributed by atoms with Gasteiger partial charge >= 0.3 is 21.1 Å². The number of aryl methyl sites for hydroxylation is 2. The fourth-order valence-electron chi connectivity index (χ4n) is 2.92. The summed E-state index contributed by atoms with van der Waals surface area (Å²) < 4.78 is 0. The molecule has 4 rings (SSSR count). The number of fused-ring (bicyclic) bond motifs is 5. The quantitative estimate of drug-likeness (QED) is 0.121. The number of hydrogen-bond acceptors (Lipinski definition) is 5. The average molecular weight is 594 g/mol. The van der Waals surface area contributed by atoms with E-state index in [2.05, 4.69) is 90.3 Å². The molecule has 0 spiro atoms. The van der Waals surface area contributed by atoms with Crippen molar-refractivity contribution in [3.05, 3.63) is 81.3 Å². The van der Waals surface area contributed by atoms with Gasteiger partial charge in [0.25, 0.3) is 0 Å². The van der Waals surface area contributed by atoms with E-state index in [9.17, 15) is 0 Å². The van der Waals surface area contributed by atoms with Gasteiger partial charge in [-0.3, -0.25) is 14.8 Å². The maximum atomic E-state index is 8.01. The molecule has 0 fully saturated rings. The van der Waals surface area contributed by atoms with Gasteiger partial charge in [-0.2, -0.15) is 5.26 Å². The van der Waals surface area contributed by atoms with Gasteiger partial charge in [0.15, 0.2) is 0 Å². The monoisotopic (exact) mass is 593 g/mol. The predicted octanol–water partition coefficient (Wildman–Crippen LogP) is 5.24. The molecule has 0 unspecified atom stereocenters. The Labute approximate surface area is 194 Å². The zero-order chi connectivity index (χ0) is 20.3. The van der Waals surface area contributed by atoms with Crippen molar-refractivity contribution in [1.29, 1.82) is 5.26 Å². The number of pyridine rings is 2. The van der Waals surface area contributed by atoms with Crippen molar-refractivity contribution < 1.29 is 21.1 Å². The van der Waals surface area contributed by atoms with E-state index in [4.69, 9.17) is 11.8 Å². The third kappa shape index (κ3) is 4.86. The molecule has 2 aromatic heterocycles. The molecule has 0 amide bonds.